The fraction of sp³-hybridized carbons (Fsp3) is 0.533. The topological polar surface area (TPSA) is 29.5 Å². The van der Waals surface area contributed by atoms with E-state index in [1.165, 1.54) is 18.2 Å². The zero-order valence-electron chi connectivity index (χ0n) is 12.0. The van der Waals surface area contributed by atoms with Crippen molar-refractivity contribution in [2.24, 2.45) is 5.41 Å². The van der Waals surface area contributed by atoms with E-state index >= 15 is 0 Å². The molecular formula is C15H23NO2. The van der Waals surface area contributed by atoms with Crippen LogP contribution in [0.5, 0.6) is 0 Å². The molecule has 0 aliphatic heterocycles. The molecule has 1 aromatic carbocycles. The van der Waals surface area contributed by atoms with Gasteiger partial charge in [0.2, 0.25) is 0 Å². The lowest BCUT2D eigenvalue weighted by Gasteiger charge is -2.27. The molecule has 0 fully saturated rings. The molecule has 0 aromatic heterocycles. The summed E-state index contributed by atoms with van der Waals surface area (Å²) in [4.78, 5) is 13.8. The molecule has 0 spiro atoms. The van der Waals surface area contributed by atoms with Crippen molar-refractivity contribution in [2.75, 3.05) is 20.7 Å². The highest BCUT2D eigenvalue weighted by atomic mass is 16.5. The molecule has 0 bridgehead atoms. The lowest BCUT2D eigenvalue weighted by atomic mass is 9.93. The second kappa shape index (κ2) is 6.01. The Morgan fingerprint density at radius 2 is 1.83 bits per heavy atom. The minimum absolute atomic E-state index is 0.168. The summed E-state index contributed by atoms with van der Waals surface area (Å²) in [6.45, 7) is 7.40. The van der Waals surface area contributed by atoms with E-state index in [4.69, 9.17) is 4.74 Å². The van der Waals surface area contributed by atoms with Gasteiger partial charge in [0.05, 0.1) is 12.5 Å². The Bertz CT molecular complexity index is 395. The van der Waals surface area contributed by atoms with Crippen LogP contribution >= 0.6 is 0 Å². The predicted molar refractivity (Wildman–Crippen MR) is 73.3 cm³/mol. The number of methoxy groups -OCH3 is 1. The molecular weight excluding hydrogens is 226 g/mol. The quantitative estimate of drug-likeness (QED) is 0.751. The Kier molecular flexibility index (Phi) is 4.91. The van der Waals surface area contributed by atoms with Gasteiger partial charge in [0.15, 0.2) is 0 Å². The smallest absolute Gasteiger partial charge is 0.312 e. The van der Waals surface area contributed by atoms with Crippen molar-refractivity contribution >= 4 is 5.97 Å². The summed E-state index contributed by atoms with van der Waals surface area (Å²) < 4.78 is 4.82. The van der Waals surface area contributed by atoms with Crippen LogP contribution < -0.4 is 0 Å². The maximum Gasteiger partial charge on any atom is 0.312 e. The number of aryl methyl sites for hydroxylation is 1. The zero-order valence-corrected chi connectivity index (χ0v) is 12.0. The number of rotatable bonds is 5. The molecule has 0 unspecified atom stereocenters. The molecule has 0 saturated heterocycles. The van der Waals surface area contributed by atoms with Crippen molar-refractivity contribution in [3.8, 4) is 0 Å². The molecule has 18 heavy (non-hydrogen) atoms. The Labute approximate surface area is 110 Å². The number of carbonyl (C=O) groups excluding carboxylic acids is 1. The highest BCUT2D eigenvalue weighted by Crippen LogP contribution is 2.19. The molecule has 1 rings (SSSR count). The average Bonchev–Trinajstić information content (AvgIpc) is 2.30. The summed E-state index contributed by atoms with van der Waals surface area (Å²) in [5.41, 5.74) is 2.04. The van der Waals surface area contributed by atoms with E-state index < -0.39 is 5.41 Å². The van der Waals surface area contributed by atoms with Crippen LogP contribution in [0.4, 0.5) is 0 Å². The maximum atomic E-state index is 11.6. The van der Waals surface area contributed by atoms with E-state index in [2.05, 4.69) is 36.1 Å². The summed E-state index contributed by atoms with van der Waals surface area (Å²) in [6.07, 6.45) is 0. The van der Waals surface area contributed by atoms with Crippen molar-refractivity contribution < 1.29 is 9.53 Å². The van der Waals surface area contributed by atoms with E-state index in [1.807, 2.05) is 20.9 Å². The molecule has 1 aromatic rings. The first-order chi connectivity index (χ1) is 8.35. The summed E-state index contributed by atoms with van der Waals surface area (Å²) >= 11 is 0. The Balaban J connectivity index is 2.58. The second-order valence-corrected chi connectivity index (χ2v) is 5.53. The lowest BCUT2D eigenvalue weighted by molar-refractivity contribution is -0.151. The van der Waals surface area contributed by atoms with E-state index in [9.17, 15) is 4.79 Å². The van der Waals surface area contributed by atoms with E-state index in [1.54, 1.807) is 0 Å². The highest BCUT2D eigenvalue weighted by molar-refractivity contribution is 5.76. The van der Waals surface area contributed by atoms with E-state index in [-0.39, 0.29) is 5.97 Å². The van der Waals surface area contributed by atoms with Crippen LogP contribution in [-0.2, 0) is 16.1 Å². The molecule has 0 saturated carbocycles. The molecule has 3 nitrogen and oxygen atoms in total. The van der Waals surface area contributed by atoms with Gasteiger partial charge in [0, 0.05) is 13.1 Å². The highest BCUT2D eigenvalue weighted by Gasteiger charge is 2.29. The molecule has 0 aliphatic carbocycles. The van der Waals surface area contributed by atoms with Gasteiger partial charge in [-0.1, -0.05) is 29.8 Å². The van der Waals surface area contributed by atoms with Gasteiger partial charge in [-0.05, 0) is 33.4 Å². The standard InChI is InChI=1S/C15H23NO2/c1-12-6-8-13(9-7-12)10-16(4)11-15(2,3)14(17)18-5/h6-9H,10-11H2,1-5H3. The molecule has 100 valence electrons. The summed E-state index contributed by atoms with van der Waals surface area (Å²) in [5.74, 6) is -0.168. The summed E-state index contributed by atoms with van der Waals surface area (Å²) in [6, 6.07) is 8.46. The fourth-order valence-corrected chi connectivity index (χ4v) is 2.08. The number of benzene rings is 1. The molecule has 0 amide bonds. The monoisotopic (exact) mass is 249 g/mol. The van der Waals surface area contributed by atoms with Gasteiger partial charge < -0.3 is 9.64 Å². The Morgan fingerprint density at radius 1 is 1.28 bits per heavy atom. The van der Waals surface area contributed by atoms with E-state index in [0.717, 1.165) is 6.54 Å². The van der Waals surface area contributed by atoms with Gasteiger partial charge in [-0.2, -0.15) is 0 Å². The van der Waals surface area contributed by atoms with Gasteiger partial charge in [0.1, 0.15) is 0 Å². The predicted octanol–water partition coefficient (Wildman–Crippen LogP) is 2.63. The third kappa shape index (κ3) is 4.15. The lowest BCUT2D eigenvalue weighted by Crippen LogP contribution is -2.37. The Hall–Kier alpha value is -1.35. The van der Waals surface area contributed by atoms with Crippen LogP contribution in [-0.4, -0.2) is 31.6 Å². The maximum absolute atomic E-state index is 11.6. The SMILES string of the molecule is COC(=O)C(C)(C)CN(C)Cc1ccc(C)cc1. The van der Waals surface area contributed by atoms with Crippen molar-refractivity contribution in [3.63, 3.8) is 0 Å². The number of ether oxygens (including phenoxy) is 1. The zero-order chi connectivity index (χ0) is 13.8. The number of esters is 1. The minimum atomic E-state index is -0.478. The van der Waals surface area contributed by atoms with Crippen LogP contribution in [0.25, 0.3) is 0 Å². The van der Waals surface area contributed by atoms with Gasteiger partial charge in [-0.3, -0.25) is 4.79 Å². The van der Waals surface area contributed by atoms with Crippen molar-refractivity contribution in [2.45, 2.75) is 27.3 Å². The summed E-state index contributed by atoms with van der Waals surface area (Å²) in [7, 11) is 3.45. The van der Waals surface area contributed by atoms with Gasteiger partial charge >= 0.3 is 5.97 Å². The van der Waals surface area contributed by atoms with Crippen molar-refractivity contribution in [1.29, 1.82) is 0 Å². The first kappa shape index (κ1) is 14.7. The van der Waals surface area contributed by atoms with Crippen molar-refractivity contribution in [3.05, 3.63) is 35.4 Å². The minimum Gasteiger partial charge on any atom is -0.469 e. The largest absolute Gasteiger partial charge is 0.469 e. The third-order valence-corrected chi connectivity index (χ3v) is 2.98. The first-order valence-electron chi connectivity index (χ1n) is 6.17. The van der Waals surface area contributed by atoms with Crippen LogP contribution in [0.1, 0.15) is 25.0 Å². The number of hydrogen-bond acceptors (Lipinski definition) is 3. The number of nitrogens with zero attached hydrogens (tertiary/aromatic N) is 1. The molecule has 0 atom stereocenters. The third-order valence-electron chi connectivity index (χ3n) is 2.98. The van der Waals surface area contributed by atoms with Gasteiger partial charge in [-0.25, -0.2) is 0 Å². The Morgan fingerprint density at radius 3 is 2.33 bits per heavy atom. The van der Waals surface area contributed by atoms with E-state index in [0.29, 0.717) is 6.54 Å². The molecule has 0 aliphatic rings. The van der Waals surface area contributed by atoms with Gasteiger partial charge in [0.25, 0.3) is 0 Å². The normalized spacial score (nSPS) is 11.7. The fourth-order valence-electron chi connectivity index (χ4n) is 2.08. The molecule has 0 N–H and O–H groups in total. The van der Waals surface area contributed by atoms with Gasteiger partial charge in [-0.15, -0.1) is 0 Å². The van der Waals surface area contributed by atoms with Crippen molar-refractivity contribution in [1.82, 2.24) is 4.90 Å². The average molecular weight is 249 g/mol. The van der Waals surface area contributed by atoms with Crippen LogP contribution in [0.2, 0.25) is 0 Å². The molecule has 3 heteroatoms. The number of hydrogen-bond donors (Lipinski definition) is 0. The molecule has 0 radical (unpaired) electrons. The first-order valence-corrected chi connectivity index (χ1v) is 6.17. The molecule has 0 heterocycles. The summed E-state index contributed by atoms with van der Waals surface area (Å²) in [5, 5.41) is 0. The van der Waals surface area contributed by atoms with Crippen LogP contribution in [0.15, 0.2) is 24.3 Å². The van der Waals surface area contributed by atoms with Crippen LogP contribution in [0.3, 0.4) is 0 Å². The van der Waals surface area contributed by atoms with Crippen LogP contribution in [0, 0.1) is 12.3 Å². The second-order valence-electron chi connectivity index (χ2n) is 5.53. The number of carbonyl (C=O) groups is 1.